The number of nitrogen functional groups attached to an aromatic ring is 2. The fourth-order valence-corrected chi connectivity index (χ4v) is 3.49. The molecule has 0 fully saturated rings. The number of nitrogens with zero attached hydrogens (tertiary/aromatic N) is 4. The van der Waals surface area contributed by atoms with Crippen LogP contribution in [-0.4, -0.2) is 32.1 Å². The van der Waals surface area contributed by atoms with Gasteiger partial charge in [-0.3, -0.25) is 9.78 Å². The maximum absolute atomic E-state index is 14.2. The second-order valence-electron chi connectivity index (χ2n) is 6.77. The summed E-state index contributed by atoms with van der Waals surface area (Å²) in [6.07, 6.45) is 4.78. The van der Waals surface area contributed by atoms with Gasteiger partial charge in [-0.2, -0.15) is 0 Å². The normalized spacial score (nSPS) is 10.8. The summed E-state index contributed by atoms with van der Waals surface area (Å²) >= 11 is 1.32. The quantitative estimate of drug-likeness (QED) is 0.297. The van der Waals surface area contributed by atoms with Gasteiger partial charge in [0.15, 0.2) is 10.9 Å². The number of hydrogen-bond acceptors (Lipinski definition) is 8. The van der Waals surface area contributed by atoms with E-state index in [1.54, 1.807) is 12.1 Å². The van der Waals surface area contributed by atoms with Gasteiger partial charge in [-0.15, -0.1) is 0 Å². The Balaban J connectivity index is 1.72. The van der Waals surface area contributed by atoms with Crippen molar-refractivity contribution >= 4 is 34.9 Å². The molecule has 0 aliphatic rings. The molecule has 0 atom stereocenters. The summed E-state index contributed by atoms with van der Waals surface area (Å²) < 4.78 is 28.4. The van der Waals surface area contributed by atoms with Crippen molar-refractivity contribution < 1.29 is 13.6 Å². The number of thioether (sulfide) groups is 1. The summed E-state index contributed by atoms with van der Waals surface area (Å²) in [7, 11) is 0. The van der Waals surface area contributed by atoms with Crippen molar-refractivity contribution in [1.82, 2.24) is 19.9 Å². The second-order valence-corrected chi connectivity index (χ2v) is 7.54. The number of benzene rings is 1. The SMILES string of the molecule is CSc1nc(N)cc(-c2ccncc2NC(=O)c2nc(-c3c(F)cccc3F)ccc2N)n1. The lowest BCUT2D eigenvalue weighted by Crippen LogP contribution is -2.17. The molecular weight excluding hydrogens is 448 g/mol. The van der Waals surface area contributed by atoms with Gasteiger partial charge in [-0.1, -0.05) is 17.8 Å². The molecule has 0 unspecified atom stereocenters. The van der Waals surface area contributed by atoms with Crippen molar-refractivity contribution in [2.75, 3.05) is 23.0 Å². The van der Waals surface area contributed by atoms with Crippen LogP contribution in [0.5, 0.6) is 0 Å². The molecule has 4 aromatic rings. The van der Waals surface area contributed by atoms with Gasteiger partial charge in [0.05, 0.1) is 34.5 Å². The lowest BCUT2D eigenvalue weighted by atomic mass is 10.1. The van der Waals surface area contributed by atoms with E-state index in [4.69, 9.17) is 11.5 Å². The minimum atomic E-state index is -0.806. The number of aromatic nitrogens is 4. The van der Waals surface area contributed by atoms with Crippen LogP contribution >= 0.6 is 11.8 Å². The van der Waals surface area contributed by atoms with E-state index in [1.165, 1.54) is 42.4 Å². The third kappa shape index (κ3) is 4.58. The first kappa shape index (κ1) is 22.1. The molecule has 0 bridgehead atoms. The standard InChI is InChI=1S/C22H17F2N7OS/c1-33-22-30-16(9-18(26)31-22)11-7-8-27-10-17(11)29-21(32)20-14(25)5-6-15(28-20)19-12(23)3-2-4-13(19)24/h2-10H,25H2,1H3,(H,29,32)(H2,26,30,31). The van der Waals surface area contributed by atoms with Gasteiger partial charge in [0.1, 0.15) is 17.5 Å². The van der Waals surface area contributed by atoms with E-state index in [1.807, 2.05) is 6.26 Å². The Kier molecular flexibility index (Phi) is 6.13. The van der Waals surface area contributed by atoms with E-state index < -0.39 is 17.5 Å². The molecule has 166 valence electrons. The van der Waals surface area contributed by atoms with Crippen LogP contribution in [0.25, 0.3) is 22.5 Å². The number of anilines is 3. The summed E-state index contributed by atoms with van der Waals surface area (Å²) in [4.78, 5) is 29.7. The number of halogens is 2. The molecule has 33 heavy (non-hydrogen) atoms. The number of hydrogen-bond donors (Lipinski definition) is 3. The van der Waals surface area contributed by atoms with Gasteiger partial charge in [-0.25, -0.2) is 23.7 Å². The van der Waals surface area contributed by atoms with Crippen LogP contribution < -0.4 is 16.8 Å². The predicted octanol–water partition coefficient (Wildman–Crippen LogP) is 4.02. The molecule has 0 saturated carbocycles. The van der Waals surface area contributed by atoms with Crippen LogP contribution in [0.3, 0.4) is 0 Å². The molecule has 11 heteroatoms. The first-order chi connectivity index (χ1) is 15.9. The van der Waals surface area contributed by atoms with Gasteiger partial charge in [-0.05, 0) is 36.6 Å². The van der Waals surface area contributed by atoms with Gasteiger partial charge in [0, 0.05) is 17.8 Å². The topological polar surface area (TPSA) is 133 Å². The minimum Gasteiger partial charge on any atom is -0.397 e. The van der Waals surface area contributed by atoms with Crippen LogP contribution in [0.15, 0.2) is 60.0 Å². The first-order valence-corrected chi connectivity index (χ1v) is 10.7. The number of carbonyl (C=O) groups excluding carboxylic acids is 1. The molecule has 1 aromatic carbocycles. The molecule has 0 aliphatic carbocycles. The maximum atomic E-state index is 14.2. The van der Waals surface area contributed by atoms with Crippen molar-refractivity contribution in [2.45, 2.75) is 5.16 Å². The van der Waals surface area contributed by atoms with E-state index >= 15 is 0 Å². The molecule has 0 aliphatic heterocycles. The number of pyridine rings is 2. The van der Waals surface area contributed by atoms with E-state index in [9.17, 15) is 13.6 Å². The highest BCUT2D eigenvalue weighted by molar-refractivity contribution is 7.98. The lowest BCUT2D eigenvalue weighted by molar-refractivity contribution is 0.102. The summed E-state index contributed by atoms with van der Waals surface area (Å²) in [5.41, 5.74) is 12.6. The monoisotopic (exact) mass is 465 g/mol. The number of amides is 1. The highest BCUT2D eigenvalue weighted by Crippen LogP contribution is 2.30. The van der Waals surface area contributed by atoms with Crippen LogP contribution in [0, 0.1) is 11.6 Å². The highest BCUT2D eigenvalue weighted by atomic mass is 32.2. The van der Waals surface area contributed by atoms with E-state index in [0.717, 1.165) is 12.1 Å². The fraction of sp³-hybridized carbons (Fsp3) is 0.0455. The van der Waals surface area contributed by atoms with Crippen molar-refractivity contribution in [2.24, 2.45) is 0 Å². The van der Waals surface area contributed by atoms with Crippen molar-refractivity contribution in [3.63, 3.8) is 0 Å². The minimum absolute atomic E-state index is 0.0365. The number of nitrogens with two attached hydrogens (primary N) is 2. The van der Waals surface area contributed by atoms with Gasteiger partial charge in [0.2, 0.25) is 0 Å². The van der Waals surface area contributed by atoms with Crippen molar-refractivity contribution in [1.29, 1.82) is 0 Å². The highest BCUT2D eigenvalue weighted by Gasteiger charge is 2.19. The summed E-state index contributed by atoms with van der Waals surface area (Å²) in [5, 5.41) is 3.15. The number of rotatable bonds is 5. The zero-order valence-electron chi connectivity index (χ0n) is 17.2. The zero-order chi connectivity index (χ0) is 23.5. The van der Waals surface area contributed by atoms with E-state index in [2.05, 4.69) is 25.3 Å². The van der Waals surface area contributed by atoms with E-state index in [-0.39, 0.29) is 28.5 Å². The first-order valence-electron chi connectivity index (χ1n) is 9.52. The molecule has 3 aromatic heterocycles. The van der Waals surface area contributed by atoms with Crippen molar-refractivity contribution in [3.05, 3.63) is 72.2 Å². The molecule has 4 rings (SSSR count). The summed E-state index contributed by atoms with van der Waals surface area (Å²) in [6.45, 7) is 0. The number of nitrogens with one attached hydrogen (secondary N) is 1. The molecule has 8 nitrogen and oxygen atoms in total. The van der Waals surface area contributed by atoms with E-state index in [0.29, 0.717) is 22.1 Å². The Morgan fingerprint density at radius 1 is 1.00 bits per heavy atom. The molecule has 0 spiro atoms. The van der Waals surface area contributed by atoms with Crippen molar-refractivity contribution in [3.8, 4) is 22.5 Å². The molecule has 3 heterocycles. The largest absolute Gasteiger partial charge is 0.397 e. The molecule has 0 saturated heterocycles. The average molecular weight is 465 g/mol. The average Bonchev–Trinajstić information content (AvgIpc) is 2.79. The fourth-order valence-electron chi connectivity index (χ4n) is 3.10. The Hall–Kier alpha value is -4.12. The van der Waals surface area contributed by atoms with Crippen LogP contribution in [-0.2, 0) is 0 Å². The Morgan fingerprint density at radius 3 is 2.48 bits per heavy atom. The predicted molar refractivity (Wildman–Crippen MR) is 123 cm³/mol. The second kappa shape index (κ2) is 9.17. The molecular formula is C22H17F2N7OS. The Bertz CT molecular complexity index is 1350. The summed E-state index contributed by atoms with van der Waals surface area (Å²) in [5.74, 6) is -2.03. The van der Waals surface area contributed by atoms with Crippen LogP contribution in [0.4, 0.5) is 26.0 Å². The Morgan fingerprint density at radius 2 is 1.76 bits per heavy atom. The molecule has 0 radical (unpaired) electrons. The maximum Gasteiger partial charge on any atom is 0.276 e. The van der Waals surface area contributed by atoms with Crippen LogP contribution in [0.2, 0.25) is 0 Å². The van der Waals surface area contributed by atoms with Gasteiger partial charge in [0.25, 0.3) is 5.91 Å². The summed E-state index contributed by atoms with van der Waals surface area (Å²) in [6, 6.07) is 9.39. The lowest BCUT2D eigenvalue weighted by Gasteiger charge is -2.13. The van der Waals surface area contributed by atoms with Gasteiger partial charge >= 0.3 is 0 Å². The third-order valence-electron chi connectivity index (χ3n) is 4.61. The third-order valence-corrected chi connectivity index (χ3v) is 5.16. The number of carbonyl (C=O) groups is 1. The van der Waals surface area contributed by atoms with Gasteiger partial charge < -0.3 is 16.8 Å². The molecule has 1 amide bonds. The molecule has 5 N–H and O–H groups in total. The van der Waals surface area contributed by atoms with Crippen LogP contribution in [0.1, 0.15) is 10.5 Å². The Labute approximate surface area is 191 Å². The smallest absolute Gasteiger partial charge is 0.276 e. The zero-order valence-corrected chi connectivity index (χ0v) is 18.0.